The lowest BCUT2D eigenvalue weighted by atomic mass is 9.97. The minimum atomic E-state index is -1.49. The predicted octanol–water partition coefficient (Wildman–Crippen LogP) is 3.93. The molecule has 4 rings (SSSR count). The summed E-state index contributed by atoms with van der Waals surface area (Å²) in [6.45, 7) is 4.00. The van der Waals surface area contributed by atoms with E-state index < -0.39 is 71.9 Å². The molecule has 0 radical (unpaired) electrons. The first-order chi connectivity index (χ1) is 20.9. The Hall–Kier alpha value is -5.38. The van der Waals surface area contributed by atoms with E-state index in [1.54, 1.807) is 24.3 Å². The van der Waals surface area contributed by atoms with Gasteiger partial charge in [-0.15, -0.1) is 5.11 Å². The van der Waals surface area contributed by atoms with Gasteiger partial charge < -0.3 is 28.8 Å². The molecule has 0 amide bonds. The number of nitrogens with zero attached hydrogens (tertiary/aromatic N) is 4. The van der Waals surface area contributed by atoms with Gasteiger partial charge in [0.15, 0.2) is 30.2 Å². The average Bonchev–Trinajstić information content (AvgIpc) is 3.23. The van der Waals surface area contributed by atoms with Crippen LogP contribution >= 0.6 is 0 Å². The van der Waals surface area contributed by atoms with Crippen molar-refractivity contribution in [1.82, 2.24) is 4.57 Å². The molecular weight excluding hydrogens is 584 g/mol. The smallest absolute Gasteiger partial charge is 0.303 e. The molecule has 16 nitrogen and oxygen atoms in total. The van der Waals surface area contributed by atoms with Gasteiger partial charge in [0.25, 0.3) is 5.69 Å². The normalized spacial score (nSPS) is 21.5. The number of non-ortho nitro benzene ring substituents is 1. The lowest BCUT2D eigenvalue weighted by molar-refractivity contribution is -0.384. The number of aromatic nitrogens is 1. The van der Waals surface area contributed by atoms with Crippen LogP contribution in [0, 0.1) is 10.1 Å². The molecule has 0 saturated carbocycles. The standard InChI is InChI=1S/C28H28N4O12/c1-14(33)40-13-22-24(41-15(2)34)25(42-16(3)35)26(43-17(4)36)28(44-22)31-21-8-6-5-7-20(21)23(27(31)37)30-29-18-9-11-19(12-10-18)32(38)39/h5-12,22,24-26,28,37H,13H2,1-4H3. The fourth-order valence-electron chi connectivity index (χ4n) is 4.75. The van der Waals surface area contributed by atoms with Crippen LogP contribution in [0.2, 0.25) is 0 Å². The number of benzene rings is 2. The summed E-state index contributed by atoms with van der Waals surface area (Å²) in [6.07, 6.45) is -7.04. The van der Waals surface area contributed by atoms with Crippen molar-refractivity contribution >= 4 is 51.8 Å². The van der Waals surface area contributed by atoms with Crippen molar-refractivity contribution in [1.29, 1.82) is 0 Å². The van der Waals surface area contributed by atoms with E-state index in [1.807, 2.05) is 0 Å². The molecule has 2 aromatic carbocycles. The molecular formula is C28H28N4O12. The zero-order chi connectivity index (χ0) is 32.1. The highest BCUT2D eigenvalue weighted by Gasteiger charge is 2.53. The van der Waals surface area contributed by atoms with E-state index in [0.717, 1.165) is 27.7 Å². The third-order valence-corrected chi connectivity index (χ3v) is 6.41. The molecule has 1 aliphatic rings. The second-order valence-corrected chi connectivity index (χ2v) is 9.62. The van der Waals surface area contributed by atoms with E-state index in [2.05, 4.69) is 10.2 Å². The number of nitro groups is 1. The fourth-order valence-corrected chi connectivity index (χ4v) is 4.75. The molecule has 1 aromatic heterocycles. The highest BCUT2D eigenvalue weighted by atomic mass is 16.7. The Balaban J connectivity index is 1.87. The molecule has 232 valence electrons. The number of carbonyl (C=O) groups excluding carboxylic acids is 4. The zero-order valence-corrected chi connectivity index (χ0v) is 23.9. The van der Waals surface area contributed by atoms with Crippen LogP contribution in [0.4, 0.5) is 17.1 Å². The number of nitro benzene ring substituents is 1. The Morgan fingerprint density at radius 1 is 0.864 bits per heavy atom. The van der Waals surface area contributed by atoms with Gasteiger partial charge in [-0.2, -0.15) is 5.11 Å². The molecule has 5 atom stereocenters. The van der Waals surface area contributed by atoms with Crippen molar-refractivity contribution in [2.75, 3.05) is 6.61 Å². The number of fused-ring (bicyclic) bond motifs is 1. The third-order valence-electron chi connectivity index (χ3n) is 6.41. The Labute approximate surface area is 249 Å². The number of hydrogen-bond donors (Lipinski definition) is 1. The summed E-state index contributed by atoms with van der Waals surface area (Å²) in [4.78, 5) is 58.6. The molecule has 0 spiro atoms. The van der Waals surface area contributed by atoms with Gasteiger partial charge >= 0.3 is 23.9 Å². The minimum Gasteiger partial charge on any atom is -0.493 e. The highest BCUT2D eigenvalue weighted by Crippen LogP contribution is 2.45. The molecule has 1 N–H and O–H groups in total. The van der Waals surface area contributed by atoms with Gasteiger partial charge in [-0.05, 0) is 18.2 Å². The third kappa shape index (κ3) is 6.97. The Kier molecular flexibility index (Phi) is 9.53. The van der Waals surface area contributed by atoms with Crippen LogP contribution in [-0.2, 0) is 42.9 Å². The van der Waals surface area contributed by atoms with Crippen molar-refractivity contribution in [3.05, 3.63) is 58.6 Å². The first-order valence-corrected chi connectivity index (χ1v) is 13.2. The molecule has 2 heterocycles. The van der Waals surface area contributed by atoms with E-state index >= 15 is 0 Å². The van der Waals surface area contributed by atoms with Gasteiger partial charge in [-0.1, -0.05) is 18.2 Å². The van der Waals surface area contributed by atoms with Gasteiger partial charge in [0, 0.05) is 45.2 Å². The summed E-state index contributed by atoms with van der Waals surface area (Å²) in [7, 11) is 0. The Morgan fingerprint density at radius 2 is 1.45 bits per heavy atom. The molecule has 1 aliphatic heterocycles. The molecule has 1 fully saturated rings. The minimum absolute atomic E-state index is 0.0354. The topological polar surface area (TPSA) is 207 Å². The first-order valence-electron chi connectivity index (χ1n) is 13.2. The number of esters is 4. The molecule has 44 heavy (non-hydrogen) atoms. The number of azo groups is 1. The maximum absolute atomic E-state index is 12.3. The van der Waals surface area contributed by atoms with Gasteiger partial charge in [-0.25, -0.2) is 0 Å². The van der Waals surface area contributed by atoms with E-state index in [4.69, 9.17) is 23.7 Å². The van der Waals surface area contributed by atoms with Crippen LogP contribution in [0.25, 0.3) is 10.9 Å². The summed E-state index contributed by atoms with van der Waals surface area (Å²) in [5.74, 6) is -3.59. The number of rotatable bonds is 9. The summed E-state index contributed by atoms with van der Waals surface area (Å²) in [5.41, 5.74) is 0.390. The highest BCUT2D eigenvalue weighted by molar-refractivity contribution is 5.95. The van der Waals surface area contributed by atoms with E-state index in [0.29, 0.717) is 10.9 Å². The fraction of sp³-hybridized carbons (Fsp3) is 0.357. The molecule has 3 aromatic rings. The summed E-state index contributed by atoms with van der Waals surface area (Å²) >= 11 is 0. The SMILES string of the molecule is CC(=O)OCC1OC(n2c(O)c(N=Nc3ccc([N+](=O)[O-])cc3)c3ccccc32)C(OC(C)=O)C(OC(C)=O)C1OC(C)=O. The molecule has 0 bridgehead atoms. The number of para-hydroxylation sites is 1. The van der Waals surface area contributed by atoms with Crippen molar-refractivity contribution < 1.29 is 52.9 Å². The number of hydrogen-bond acceptors (Lipinski definition) is 14. The molecule has 16 heteroatoms. The predicted molar refractivity (Wildman–Crippen MR) is 148 cm³/mol. The number of ether oxygens (including phenoxy) is 5. The molecule has 1 saturated heterocycles. The van der Waals surface area contributed by atoms with Crippen LogP contribution in [0.15, 0.2) is 58.8 Å². The maximum atomic E-state index is 12.3. The lowest BCUT2D eigenvalue weighted by Gasteiger charge is -2.44. The lowest BCUT2D eigenvalue weighted by Crippen LogP contribution is -2.60. The van der Waals surface area contributed by atoms with Gasteiger partial charge in [0.05, 0.1) is 16.1 Å². The second-order valence-electron chi connectivity index (χ2n) is 9.62. The largest absolute Gasteiger partial charge is 0.493 e. The van der Waals surface area contributed by atoms with Crippen LogP contribution in [0.5, 0.6) is 5.88 Å². The number of carbonyl (C=O) groups is 4. The summed E-state index contributed by atoms with van der Waals surface area (Å²) in [6, 6.07) is 11.8. The average molecular weight is 613 g/mol. The number of aromatic hydroxyl groups is 1. The molecule has 0 aliphatic carbocycles. The van der Waals surface area contributed by atoms with E-state index in [9.17, 15) is 34.4 Å². The van der Waals surface area contributed by atoms with Crippen molar-refractivity contribution in [2.24, 2.45) is 10.2 Å². The van der Waals surface area contributed by atoms with Gasteiger partial charge in [0.2, 0.25) is 5.88 Å². The van der Waals surface area contributed by atoms with Crippen LogP contribution in [-0.4, -0.2) is 69.5 Å². The Bertz CT molecular complexity index is 1620. The maximum Gasteiger partial charge on any atom is 0.303 e. The monoisotopic (exact) mass is 612 g/mol. The van der Waals surface area contributed by atoms with Crippen LogP contribution in [0.3, 0.4) is 0 Å². The Morgan fingerprint density at radius 3 is 2.05 bits per heavy atom. The molecule has 5 unspecified atom stereocenters. The van der Waals surface area contributed by atoms with Crippen LogP contribution < -0.4 is 0 Å². The summed E-state index contributed by atoms with van der Waals surface area (Å²) in [5, 5.41) is 31.1. The van der Waals surface area contributed by atoms with Crippen LogP contribution in [0.1, 0.15) is 33.9 Å². The quantitative estimate of drug-likeness (QED) is 0.120. The van der Waals surface area contributed by atoms with Crippen molar-refractivity contribution in [3.63, 3.8) is 0 Å². The van der Waals surface area contributed by atoms with Crippen molar-refractivity contribution in [3.8, 4) is 5.88 Å². The second kappa shape index (κ2) is 13.3. The van der Waals surface area contributed by atoms with Gasteiger partial charge in [0.1, 0.15) is 12.7 Å². The van der Waals surface area contributed by atoms with E-state index in [1.165, 1.54) is 28.8 Å². The summed E-state index contributed by atoms with van der Waals surface area (Å²) < 4.78 is 29.0. The first kappa shape index (κ1) is 31.6. The van der Waals surface area contributed by atoms with Gasteiger partial charge in [-0.3, -0.25) is 33.9 Å². The zero-order valence-electron chi connectivity index (χ0n) is 23.9. The van der Waals surface area contributed by atoms with Crippen molar-refractivity contribution in [2.45, 2.75) is 58.3 Å². The van der Waals surface area contributed by atoms with E-state index in [-0.39, 0.29) is 17.1 Å².